The summed E-state index contributed by atoms with van der Waals surface area (Å²) >= 11 is 1.75. The maximum Gasteiger partial charge on any atom is 0.227 e. The van der Waals surface area contributed by atoms with Crippen molar-refractivity contribution in [2.75, 3.05) is 18.6 Å². The summed E-state index contributed by atoms with van der Waals surface area (Å²) < 4.78 is 7.73. The smallest absolute Gasteiger partial charge is 0.227 e. The lowest BCUT2D eigenvalue weighted by molar-refractivity contribution is -0.127. The summed E-state index contributed by atoms with van der Waals surface area (Å²) in [6, 6.07) is 13.5. The number of fused-ring (bicyclic) bond motifs is 2. The second-order valence-electron chi connectivity index (χ2n) is 6.65. The van der Waals surface area contributed by atoms with E-state index in [0.29, 0.717) is 13.0 Å². The molecule has 4 rings (SSSR count). The Bertz CT molecular complexity index is 942. The fourth-order valence-electron chi connectivity index (χ4n) is 3.39. The van der Waals surface area contributed by atoms with Crippen LogP contribution in [0, 0.1) is 5.92 Å². The fourth-order valence-corrected chi connectivity index (χ4v) is 3.86. The van der Waals surface area contributed by atoms with Crippen LogP contribution in [0.4, 0.5) is 0 Å². The highest BCUT2D eigenvalue weighted by Gasteiger charge is 2.29. The zero-order chi connectivity index (χ0) is 18.6. The third-order valence-corrected chi connectivity index (χ3v) is 5.47. The van der Waals surface area contributed by atoms with Crippen LogP contribution in [0.5, 0.6) is 5.75 Å². The SMILES string of the molecule is CSCCC(NC(=O)C1COc2ccccc2C1)c1nnc2ccccn12. The van der Waals surface area contributed by atoms with Gasteiger partial charge in [0.1, 0.15) is 12.4 Å². The molecule has 2 unspecified atom stereocenters. The number of aromatic nitrogens is 3. The first-order chi connectivity index (χ1) is 13.3. The van der Waals surface area contributed by atoms with Crippen LogP contribution in [0.2, 0.25) is 0 Å². The summed E-state index contributed by atoms with van der Waals surface area (Å²) in [7, 11) is 0. The molecule has 7 heteroatoms. The van der Waals surface area contributed by atoms with Gasteiger partial charge < -0.3 is 10.1 Å². The molecule has 140 valence electrons. The third-order valence-electron chi connectivity index (χ3n) is 4.83. The van der Waals surface area contributed by atoms with Crippen molar-refractivity contribution >= 4 is 23.3 Å². The highest BCUT2D eigenvalue weighted by atomic mass is 32.2. The van der Waals surface area contributed by atoms with E-state index in [4.69, 9.17) is 4.74 Å². The molecule has 27 heavy (non-hydrogen) atoms. The summed E-state index contributed by atoms with van der Waals surface area (Å²) in [4.78, 5) is 13.0. The molecule has 2 atom stereocenters. The van der Waals surface area contributed by atoms with Crippen LogP contribution < -0.4 is 10.1 Å². The number of hydrogen-bond donors (Lipinski definition) is 1. The van der Waals surface area contributed by atoms with E-state index in [1.165, 1.54) is 0 Å². The van der Waals surface area contributed by atoms with Gasteiger partial charge in [0.2, 0.25) is 5.91 Å². The maximum absolute atomic E-state index is 13.0. The average molecular weight is 382 g/mol. The van der Waals surface area contributed by atoms with E-state index in [9.17, 15) is 4.79 Å². The van der Waals surface area contributed by atoms with Gasteiger partial charge in [-0.2, -0.15) is 11.8 Å². The van der Waals surface area contributed by atoms with Crippen LogP contribution in [-0.4, -0.2) is 39.1 Å². The Morgan fingerprint density at radius 2 is 2.15 bits per heavy atom. The minimum atomic E-state index is -0.198. The quantitative estimate of drug-likeness (QED) is 0.710. The molecule has 2 aromatic heterocycles. The molecule has 1 aromatic carbocycles. The van der Waals surface area contributed by atoms with Gasteiger partial charge in [-0.1, -0.05) is 24.3 Å². The average Bonchev–Trinajstić information content (AvgIpc) is 3.14. The molecule has 0 bridgehead atoms. The molecule has 1 aliphatic heterocycles. The molecule has 6 nitrogen and oxygen atoms in total. The van der Waals surface area contributed by atoms with E-state index in [2.05, 4.69) is 21.8 Å². The van der Waals surface area contributed by atoms with Gasteiger partial charge in [0, 0.05) is 6.20 Å². The molecule has 0 saturated heterocycles. The number of nitrogens with one attached hydrogen (secondary N) is 1. The van der Waals surface area contributed by atoms with Crippen molar-refractivity contribution in [3.8, 4) is 5.75 Å². The molecule has 1 N–H and O–H groups in total. The van der Waals surface area contributed by atoms with E-state index < -0.39 is 0 Å². The number of ether oxygens (including phenoxy) is 1. The Morgan fingerprint density at radius 1 is 1.30 bits per heavy atom. The zero-order valence-corrected chi connectivity index (χ0v) is 16.0. The Morgan fingerprint density at radius 3 is 3.04 bits per heavy atom. The Hall–Kier alpha value is -2.54. The minimum Gasteiger partial charge on any atom is -0.492 e. The van der Waals surface area contributed by atoms with Crippen LogP contribution in [0.25, 0.3) is 5.65 Å². The Kier molecular flexibility index (Phi) is 5.29. The van der Waals surface area contributed by atoms with Crippen LogP contribution in [0.3, 0.4) is 0 Å². The first kappa shape index (κ1) is 17.9. The number of thioether (sulfide) groups is 1. The minimum absolute atomic E-state index is 0.00304. The number of hydrogen-bond acceptors (Lipinski definition) is 5. The monoisotopic (exact) mass is 382 g/mol. The van der Waals surface area contributed by atoms with E-state index >= 15 is 0 Å². The third kappa shape index (κ3) is 3.78. The molecular formula is C20H22N4O2S. The lowest BCUT2D eigenvalue weighted by atomic mass is 9.95. The van der Waals surface area contributed by atoms with Gasteiger partial charge in [-0.25, -0.2) is 0 Å². The van der Waals surface area contributed by atoms with Gasteiger partial charge in [0.15, 0.2) is 11.5 Å². The van der Waals surface area contributed by atoms with Crippen molar-refractivity contribution in [1.82, 2.24) is 19.9 Å². The van der Waals surface area contributed by atoms with Crippen LogP contribution in [0.15, 0.2) is 48.7 Å². The van der Waals surface area contributed by atoms with Crippen molar-refractivity contribution in [2.24, 2.45) is 5.92 Å². The van der Waals surface area contributed by atoms with Crippen molar-refractivity contribution in [3.63, 3.8) is 0 Å². The number of carbonyl (C=O) groups excluding carboxylic acids is 1. The van der Waals surface area contributed by atoms with Gasteiger partial charge >= 0.3 is 0 Å². The molecule has 3 aromatic rings. The van der Waals surface area contributed by atoms with Crippen LogP contribution in [0.1, 0.15) is 23.9 Å². The summed E-state index contributed by atoms with van der Waals surface area (Å²) in [6.45, 7) is 0.401. The maximum atomic E-state index is 13.0. The molecule has 1 amide bonds. The molecule has 0 spiro atoms. The first-order valence-electron chi connectivity index (χ1n) is 9.06. The number of carbonyl (C=O) groups is 1. The largest absolute Gasteiger partial charge is 0.492 e. The second kappa shape index (κ2) is 8.00. The Labute approximate surface area is 162 Å². The normalized spacial score (nSPS) is 17.1. The van der Waals surface area contributed by atoms with E-state index in [-0.39, 0.29) is 17.9 Å². The van der Waals surface area contributed by atoms with Gasteiger partial charge in [-0.3, -0.25) is 9.20 Å². The predicted molar refractivity (Wildman–Crippen MR) is 106 cm³/mol. The lowest BCUT2D eigenvalue weighted by Gasteiger charge is -2.26. The van der Waals surface area contributed by atoms with Crippen molar-refractivity contribution in [2.45, 2.75) is 18.9 Å². The highest BCUT2D eigenvalue weighted by molar-refractivity contribution is 7.98. The number of benzene rings is 1. The standard InChI is InChI=1S/C20H22N4O2S/c1-27-11-9-16(19-23-22-18-8-4-5-10-24(18)19)21-20(25)15-12-14-6-2-3-7-17(14)26-13-15/h2-8,10,15-16H,9,11-13H2,1H3,(H,21,25). The Balaban J connectivity index is 1.53. The summed E-state index contributed by atoms with van der Waals surface area (Å²) in [5.74, 6) is 2.38. The fraction of sp³-hybridized carbons (Fsp3) is 0.350. The summed E-state index contributed by atoms with van der Waals surface area (Å²) in [6.07, 6.45) is 5.49. The molecule has 3 heterocycles. The van der Waals surface area contributed by atoms with Crippen molar-refractivity contribution < 1.29 is 9.53 Å². The van der Waals surface area contributed by atoms with Crippen LogP contribution >= 0.6 is 11.8 Å². The number of nitrogens with zero attached hydrogens (tertiary/aromatic N) is 3. The lowest BCUT2D eigenvalue weighted by Crippen LogP contribution is -2.40. The van der Waals surface area contributed by atoms with E-state index in [1.807, 2.05) is 53.1 Å². The zero-order valence-electron chi connectivity index (χ0n) is 15.2. The van der Waals surface area contributed by atoms with Crippen molar-refractivity contribution in [1.29, 1.82) is 0 Å². The number of para-hydroxylation sites is 1. The van der Waals surface area contributed by atoms with E-state index in [1.54, 1.807) is 11.8 Å². The second-order valence-corrected chi connectivity index (χ2v) is 7.64. The molecular weight excluding hydrogens is 360 g/mol. The first-order valence-corrected chi connectivity index (χ1v) is 10.5. The van der Waals surface area contributed by atoms with Crippen molar-refractivity contribution in [3.05, 3.63) is 60.0 Å². The number of pyridine rings is 1. The molecule has 0 radical (unpaired) electrons. The topological polar surface area (TPSA) is 68.5 Å². The van der Waals surface area contributed by atoms with Crippen LogP contribution in [-0.2, 0) is 11.2 Å². The summed E-state index contributed by atoms with van der Waals surface area (Å²) in [5.41, 5.74) is 1.86. The molecule has 1 aliphatic rings. The molecule has 0 fully saturated rings. The predicted octanol–water partition coefficient (Wildman–Crippen LogP) is 2.89. The van der Waals surface area contributed by atoms with Gasteiger partial charge in [0.05, 0.1) is 12.0 Å². The number of rotatable bonds is 6. The van der Waals surface area contributed by atoms with Gasteiger partial charge in [-0.05, 0) is 48.6 Å². The number of amides is 1. The van der Waals surface area contributed by atoms with Gasteiger partial charge in [-0.15, -0.1) is 10.2 Å². The summed E-state index contributed by atoms with van der Waals surface area (Å²) in [5, 5.41) is 11.8. The van der Waals surface area contributed by atoms with Gasteiger partial charge in [0.25, 0.3) is 0 Å². The highest BCUT2D eigenvalue weighted by Crippen LogP contribution is 2.27. The molecule has 0 aliphatic carbocycles. The van der Waals surface area contributed by atoms with E-state index in [0.717, 1.165) is 35.0 Å². The molecule has 0 saturated carbocycles.